The molecule has 1 fully saturated rings. The van der Waals surface area contributed by atoms with Gasteiger partial charge < -0.3 is 20.7 Å². The summed E-state index contributed by atoms with van der Waals surface area (Å²) in [6, 6.07) is 7.23. The van der Waals surface area contributed by atoms with Gasteiger partial charge in [-0.2, -0.15) is 0 Å². The van der Waals surface area contributed by atoms with Crippen LogP contribution < -0.4 is 15.8 Å². The first-order valence-electron chi connectivity index (χ1n) is 8.38. The molecule has 0 bridgehead atoms. The zero-order valence-electron chi connectivity index (χ0n) is 14.5. The maximum Gasteiger partial charge on any atom is 0.274 e. The summed E-state index contributed by atoms with van der Waals surface area (Å²) < 4.78 is 5.16. The summed E-state index contributed by atoms with van der Waals surface area (Å²) in [7, 11) is 1.58. The number of carbonyl (C=O) groups excluding carboxylic acids is 2. The number of methoxy groups -OCH3 is 1. The highest BCUT2D eigenvalue weighted by Crippen LogP contribution is 2.22. The van der Waals surface area contributed by atoms with E-state index in [4.69, 9.17) is 10.5 Å². The highest BCUT2D eigenvalue weighted by atomic mass is 16.5. The summed E-state index contributed by atoms with van der Waals surface area (Å²) in [6.07, 6.45) is 3.94. The van der Waals surface area contributed by atoms with Crippen LogP contribution in [0.5, 0.6) is 5.75 Å². The van der Waals surface area contributed by atoms with E-state index in [0.29, 0.717) is 37.4 Å². The van der Waals surface area contributed by atoms with Gasteiger partial charge in [-0.05, 0) is 25.0 Å². The normalized spacial score (nSPS) is 14.7. The molecule has 0 aliphatic carbocycles. The van der Waals surface area contributed by atoms with E-state index in [-0.39, 0.29) is 29.2 Å². The smallest absolute Gasteiger partial charge is 0.274 e. The summed E-state index contributed by atoms with van der Waals surface area (Å²) in [5.74, 6) is 0.590. The molecule has 8 nitrogen and oxygen atoms in total. The molecule has 0 atom stereocenters. The number of hydrogen-bond donors (Lipinski definition) is 2. The van der Waals surface area contributed by atoms with E-state index >= 15 is 0 Å². The molecule has 26 heavy (non-hydrogen) atoms. The first-order valence-corrected chi connectivity index (χ1v) is 8.38. The van der Waals surface area contributed by atoms with Gasteiger partial charge in [-0.25, -0.2) is 9.97 Å². The third kappa shape index (κ3) is 4.08. The predicted octanol–water partition coefficient (Wildman–Crippen LogP) is 1.56. The maximum atomic E-state index is 12.5. The Labute approximate surface area is 151 Å². The largest absolute Gasteiger partial charge is 0.497 e. The van der Waals surface area contributed by atoms with Crippen molar-refractivity contribution in [2.45, 2.75) is 12.8 Å². The molecule has 2 aromatic rings. The van der Waals surface area contributed by atoms with Gasteiger partial charge >= 0.3 is 0 Å². The second kappa shape index (κ2) is 7.81. The van der Waals surface area contributed by atoms with Gasteiger partial charge in [0.1, 0.15) is 17.3 Å². The Balaban J connectivity index is 1.55. The third-order valence-electron chi connectivity index (χ3n) is 4.38. The van der Waals surface area contributed by atoms with Crippen molar-refractivity contribution in [2.24, 2.45) is 5.92 Å². The fourth-order valence-electron chi connectivity index (χ4n) is 2.90. The Morgan fingerprint density at radius 3 is 2.65 bits per heavy atom. The van der Waals surface area contributed by atoms with E-state index in [2.05, 4.69) is 15.3 Å². The number of piperidine rings is 1. The quantitative estimate of drug-likeness (QED) is 0.861. The number of carbonyl (C=O) groups is 2. The molecule has 1 aliphatic heterocycles. The second-order valence-corrected chi connectivity index (χ2v) is 6.11. The number of hydrogen-bond acceptors (Lipinski definition) is 6. The molecule has 1 aromatic heterocycles. The monoisotopic (exact) mass is 355 g/mol. The highest BCUT2D eigenvalue weighted by Gasteiger charge is 2.28. The molecule has 0 radical (unpaired) electrons. The maximum absolute atomic E-state index is 12.5. The van der Waals surface area contributed by atoms with E-state index < -0.39 is 0 Å². The first kappa shape index (κ1) is 17.7. The lowest BCUT2D eigenvalue weighted by Gasteiger charge is -2.31. The van der Waals surface area contributed by atoms with E-state index in [1.165, 1.54) is 12.4 Å². The summed E-state index contributed by atoms with van der Waals surface area (Å²) in [5, 5.41) is 2.91. The number of amides is 2. The Kier molecular flexibility index (Phi) is 5.31. The van der Waals surface area contributed by atoms with Crippen molar-refractivity contribution in [3.8, 4) is 5.75 Å². The topological polar surface area (TPSA) is 110 Å². The molecule has 0 saturated carbocycles. The van der Waals surface area contributed by atoms with Gasteiger partial charge in [-0.3, -0.25) is 9.59 Å². The van der Waals surface area contributed by atoms with Crippen LogP contribution in [0, 0.1) is 5.92 Å². The molecule has 3 N–H and O–H groups in total. The Morgan fingerprint density at radius 1 is 1.23 bits per heavy atom. The molecular weight excluding hydrogens is 334 g/mol. The van der Waals surface area contributed by atoms with Crippen LogP contribution in [0.15, 0.2) is 36.7 Å². The lowest BCUT2D eigenvalue weighted by molar-refractivity contribution is -0.121. The second-order valence-electron chi connectivity index (χ2n) is 6.11. The molecule has 0 spiro atoms. The van der Waals surface area contributed by atoms with Crippen molar-refractivity contribution < 1.29 is 14.3 Å². The minimum atomic E-state index is -0.191. The predicted molar refractivity (Wildman–Crippen MR) is 96.7 cm³/mol. The van der Waals surface area contributed by atoms with Gasteiger partial charge in [0.2, 0.25) is 5.91 Å². The van der Waals surface area contributed by atoms with Crippen molar-refractivity contribution >= 4 is 23.3 Å². The Hall–Kier alpha value is -3.16. The van der Waals surface area contributed by atoms with Crippen LogP contribution in [0.1, 0.15) is 23.3 Å². The molecule has 8 heteroatoms. The van der Waals surface area contributed by atoms with Crippen molar-refractivity contribution in [1.29, 1.82) is 0 Å². The number of nitrogens with one attached hydrogen (secondary N) is 1. The summed E-state index contributed by atoms with van der Waals surface area (Å²) in [6.45, 7) is 1.00. The minimum absolute atomic E-state index is 0.0439. The van der Waals surface area contributed by atoms with Crippen LogP contribution in [0.25, 0.3) is 0 Å². The number of nitrogens with zero attached hydrogens (tertiary/aromatic N) is 3. The van der Waals surface area contributed by atoms with Crippen LogP contribution >= 0.6 is 0 Å². The van der Waals surface area contributed by atoms with E-state index in [9.17, 15) is 9.59 Å². The number of nitrogens with two attached hydrogens (primary N) is 1. The molecule has 1 aliphatic rings. The zero-order valence-corrected chi connectivity index (χ0v) is 14.5. The van der Waals surface area contributed by atoms with Crippen LogP contribution in [-0.4, -0.2) is 46.9 Å². The average Bonchev–Trinajstić information content (AvgIpc) is 2.68. The van der Waals surface area contributed by atoms with Gasteiger partial charge in [0, 0.05) is 30.8 Å². The fourth-order valence-corrected chi connectivity index (χ4v) is 2.90. The van der Waals surface area contributed by atoms with Gasteiger partial charge in [0.25, 0.3) is 5.91 Å². The minimum Gasteiger partial charge on any atom is -0.497 e. The van der Waals surface area contributed by atoms with Crippen molar-refractivity contribution in [2.75, 3.05) is 31.2 Å². The highest BCUT2D eigenvalue weighted by molar-refractivity contribution is 5.94. The van der Waals surface area contributed by atoms with Crippen molar-refractivity contribution in [1.82, 2.24) is 14.9 Å². The lowest BCUT2D eigenvalue weighted by Crippen LogP contribution is -2.41. The molecule has 3 rings (SSSR count). The number of nitrogen functional groups attached to an aromatic ring is 1. The SMILES string of the molecule is COc1cccc(NC(=O)C2CCN(C(=O)c3cnc(N)cn3)CC2)c1. The number of rotatable bonds is 4. The lowest BCUT2D eigenvalue weighted by atomic mass is 9.95. The van der Waals surface area contributed by atoms with Gasteiger partial charge in [0.05, 0.1) is 19.5 Å². The molecule has 0 unspecified atom stereocenters. The number of benzene rings is 1. The van der Waals surface area contributed by atoms with Crippen molar-refractivity contribution in [3.63, 3.8) is 0 Å². The van der Waals surface area contributed by atoms with Gasteiger partial charge in [0.15, 0.2) is 0 Å². The van der Waals surface area contributed by atoms with Crippen LogP contribution in [-0.2, 0) is 4.79 Å². The number of anilines is 2. The Morgan fingerprint density at radius 2 is 2.00 bits per heavy atom. The van der Waals surface area contributed by atoms with Crippen LogP contribution in [0.3, 0.4) is 0 Å². The van der Waals surface area contributed by atoms with Crippen LogP contribution in [0.2, 0.25) is 0 Å². The van der Waals surface area contributed by atoms with Gasteiger partial charge in [-0.1, -0.05) is 6.07 Å². The Bertz CT molecular complexity index is 786. The molecule has 2 amide bonds. The van der Waals surface area contributed by atoms with Crippen LogP contribution in [0.4, 0.5) is 11.5 Å². The molecular formula is C18H21N5O3. The molecule has 136 valence electrons. The van der Waals surface area contributed by atoms with Crippen molar-refractivity contribution in [3.05, 3.63) is 42.4 Å². The average molecular weight is 355 g/mol. The third-order valence-corrected chi connectivity index (χ3v) is 4.38. The number of aromatic nitrogens is 2. The molecule has 1 saturated heterocycles. The number of likely N-dealkylation sites (tertiary alicyclic amines) is 1. The molecule has 2 heterocycles. The molecule has 1 aromatic carbocycles. The summed E-state index contributed by atoms with van der Waals surface area (Å²) in [5.41, 5.74) is 6.45. The zero-order chi connectivity index (χ0) is 18.5. The number of ether oxygens (including phenoxy) is 1. The standard InChI is InChI=1S/C18H21N5O3/c1-26-14-4-2-3-13(9-14)22-17(24)12-5-7-23(8-6-12)18(25)15-10-21-16(19)11-20-15/h2-4,9-12H,5-8H2,1H3,(H2,19,21)(H,22,24). The first-order chi connectivity index (χ1) is 12.6. The summed E-state index contributed by atoms with van der Waals surface area (Å²) >= 11 is 0. The van der Waals surface area contributed by atoms with E-state index in [1.54, 1.807) is 18.1 Å². The summed E-state index contributed by atoms with van der Waals surface area (Å²) in [4.78, 5) is 34.5. The fraction of sp³-hybridized carbons (Fsp3) is 0.333. The van der Waals surface area contributed by atoms with E-state index in [1.807, 2.05) is 18.2 Å². The van der Waals surface area contributed by atoms with Gasteiger partial charge in [-0.15, -0.1) is 0 Å². The van der Waals surface area contributed by atoms with E-state index in [0.717, 1.165) is 0 Å².